The molecular formula is C13H14N2O4S. The molecule has 1 aromatic heterocycles. The molecule has 4 saturated heterocycles. The first kappa shape index (κ1) is 12.3. The van der Waals surface area contributed by atoms with Crippen LogP contribution in [0.4, 0.5) is 0 Å². The summed E-state index contributed by atoms with van der Waals surface area (Å²) < 4.78 is 10.8. The van der Waals surface area contributed by atoms with E-state index in [0.29, 0.717) is 12.3 Å². The molecule has 6 nitrogen and oxygen atoms in total. The van der Waals surface area contributed by atoms with Gasteiger partial charge in [-0.3, -0.25) is 0 Å². The van der Waals surface area contributed by atoms with Crippen LogP contribution in [0.15, 0.2) is 11.6 Å². The van der Waals surface area contributed by atoms with Gasteiger partial charge in [-0.2, -0.15) is 0 Å². The van der Waals surface area contributed by atoms with Crippen molar-refractivity contribution in [3.05, 3.63) is 16.6 Å². The molecule has 106 valence electrons. The Morgan fingerprint density at radius 3 is 2.60 bits per heavy atom. The first-order chi connectivity index (χ1) is 9.69. The monoisotopic (exact) mass is 294 g/mol. The van der Waals surface area contributed by atoms with Crippen LogP contribution in [0.25, 0.3) is 0 Å². The van der Waals surface area contributed by atoms with Crippen molar-refractivity contribution in [1.29, 1.82) is 0 Å². The molecule has 5 heterocycles. The molecule has 20 heavy (non-hydrogen) atoms. The summed E-state index contributed by atoms with van der Waals surface area (Å²) in [6.45, 7) is 1.61. The number of rotatable bonds is 2. The maximum Gasteiger partial charge on any atom is 0.421 e. The van der Waals surface area contributed by atoms with E-state index in [1.807, 2.05) is 10.3 Å². The van der Waals surface area contributed by atoms with Gasteiger partial charge in [-0.25, -0.2) is 19.5 Å². The second kappa shape index (κ2) is 4.26. The summed E-state index contributed by atoms with van der Waals surface area (Å²) in [6.07, 6.45) is 4.54. The van der Waals surface area contributed by atoms with Gasteiger partial charge in [0.25, 0.3) is 0 Å². The number of hydrogen-bond donors (Lipinski definition) is 0. The summed E-state index contributed by atoms with van der Waals surface area (Å²) in [6, 6.07) is 0. The maximum atomic E-state index is 11.5. The Bertz CT molecular complexity index is 535. The second-order valence-electron chi connectivity index (χ2n) is 5.47. The van der Waals surface area contributed by atoms with Crippen molar-refractivity contribution < 1.29 is 19.1 Å². The third-order valence-electron chi connectivity index (χ3n) is 4.54. The Morgan fingerprint density at radius 1 is 1.30 bits per heavy atom. The number of fused-ring (bicyclic) bond motifs is 2. The molecule has 1 aromatic rings. The number of piperidine rings is 3. The first-order valence-corrected chi connectivity index (χ1v) is 7.67. The van der Waals surface area contributed by atoms with Crippen molar-refractivity contribution in [1.82, 2.24) is 9.88 Å². The topological polar surface area (TPSA) is 68.7 Å². The number of carbonyl (C=O) groups excluding carboxylic acids is 2. The molecule has 4 aliphatic rings. The zero-order valence-corrected chi connectivity index (χ0v) is 11.6. The highest BCUT2D eigenvalue weighted by Gasteiger charge is 2.64. The van der Waals surface area contributed by atoms with Gasteiger partial charge in [-0.15, -0.1) is 11.3 Å². The normalized spacial score (nSPS) is 34.3. The molecule has 0 saturated carbocycles. The fourth-order valence-corrected chi connectivity index (χ4v) is 4.31. The number of thiazole rings is 1. The van der Waals surface area contributed by atoms with Crippen LogP contribution >= 0.6 is 11.3 Å². The Hall–Kier alpha value is -1.47. The number of nitrogens with zero attached hydrogens (tertiary/aromatic N) is 2. The summed E-state index contributed by atoms with van der Waals surface area (Å²) in [5.74, 6) is -2.54. The van der Waals surface area contributed by atoms with Gasteiger partial charge in [0.05, 0.1) is 10.9 Å². The van der Waals surface area contributed by atoms with Crippen LogP contribution in [0.2, 0.25) is 0 Å². The predicted octanol–water partition coefficient (Wildman–Crippen LogP) is 0.781. The van der Waals surface area contributed by atoms with Crippen LogP contribution in [-0.2, 0) is 25.5 Å². The first-order valence-electron chi connectivity index (χ1n) is 6.79. The Morgan fingerprint density at radius 2 is 2.00 bits per heavy atom. The number of esters is 2. The molecule has 0 amide bonds. The minimum absolute atomic E-state index is 0.0217. The predicted molar refractivity (Wildman–Crippen MR) is 68.5 cm³/mol. The van der Waals surface area contributed by atoms with E-state index in [4.69, 9.17) is 9.47 Å². The lowest BCUT2D eigenvalue weighted by Crippen LogP contribution is -2.65. The molecule has 4 aliphatic heterocycles. The number of ether oxygens (including phenoxy) is 2. The van der Waals surface area contributed by atoms with Crippen molar-refractivity contribution >= 4 is 23.3 Å². The van der Waals surface area contributed by atoms with E-state index in [1.54, 1.807) is 17.5 Å². The molecule has 4 fully saturated rings. The largest absolute Gasteiger partial charge is 0.421 e. The average molecular weight is 294 g/mol. The number of aromatic nitrogens is 1. The summed E-state index contributed by atoms with van der Waals surface area (Å²) >= 11 is 1.58. The average Bonchev–Trinajstić information content (AvgIpc) is 3.05. The zero-order valence-electron chi connectivity index (χ0n) is 10.8. The van der Waals surface area contributed by atoms with Gasteiger partial charge in [0.15, 0.2) is 0 Å². The lowest BCUT2D eigenvalue weighted by atomic mass is 9.74. The summed E-state index contributed by atoms with van der Waals surface area (Å²) in [5.41, 5.74) is 0. The third-order valence-corrected chi connectivity index (χ3v) is 5.34. The maximum absolute atomic E-state index is 11.5. The van der Waals surface area contributed by atoms with E-state index in [0.717, 1.165) is 30.9 Å². The molecule has 0 N–H and O–H groups in total. The van der Waals surface area contributed by atoms with Gasteiger partial charge in [0.1, 0.15) is 0 Å². The van der Waals surface area contributed by atoms with Crippen molar-refractivity contribution in [3.8, 4) is 0 Å². The minimum Gasteiger partial charge on any atom is -0.399 e. The Balaban J connectivity index is 1.70. The van der Waals surface area contributed by atoms with Gasteiger partial charge in [0.2, 0.25) is 0 Å². The highest BCUT2D eigenvalue weighted by molar-refractivity contribution is 7.09. The van der Waals surface area contributed by atoms with Crippen molar-refractivity contribution in [2.75, 3.05) is 13.1 Å². The second-order valence-corrected chi connectivity index (χ2v) is 6.45. The van der Waals surface area contributed by atoms with E-state index < -0.39 is 17.8 Å². The van der Waals surface area contributed by atoms with Crippen molar-refractivity contribution in [3.63, 3.8) is 0 Å². The highest BCUT2D eigenvalue weighted by Crippen LogP contribution is 2.49. The zero-order chi connectivity index (χ0) is 13.7. The molecule has 5 rings (SSSR count). The number of carbonyl (C=O) groups is 2. The van der Waals surface area contributed by atoms with Crippen LogP contribution in [0.5, 0.6) is 0 Å². The van der Waals surface area contributed by atoms with E-state index >= 15 is 0 Å². The highest BCUT2D eigenvalue weighted by atomic mass is 32.1. The van der Waals surface area contributed by atoms with E-state index in [9.17, 15) is 9.59 Å². The van der Waals surface area contributed by atoms with Crippen LogP contribution in [0, 0.1) is 11.8 Å². The number of hydrogen-bond acceptors (Lipinski definition) is 7. The lowest BCUT2D eigenvalue weighted by molar-refractivity contribution is -0.318. The van der Waals surface area contributed by atoms with E-state index in [-0.39, 0.29) is 5.92 Å². The summed E-state index contributed by atoms with van der Waals surface area (Å²) in [4.78, 5) is 29.4. The Kier molecular flexibility index (Phi) is 2.62. The van der Waals surface area contributed by atoms with E-state index in [1.165, 1.54) is 0 Å². The van der Waals surface area contributed by atoms with Crippen LogP contribution in [-0.4, -0.2) is 40.8 Å². The smallest absolute Gasteiger partial charge is 0.399 e. The molecule has 0 radical (unpaired) electrons. The summed E-state index contributed by atoms with van der Waals surface area (Å²) in [5, 5.41) is 2.91. The third kappa shape index (κ3) is 1.63. The quantitative estimate of drug-likeness (QED) is 0.593. The molecule has 0 aromatic carbocycles. The molecular weight excluding hydrogens is 280 g/mol. The lowest BCUT2D eigenvalue weighted by Gasteiger charge is -2.53. The van der Waals surface area contributed by atoms with Crippen molar-refractivity contribution in [2.24, 2.45) is 11.8 Å². The fourth-order valence-electron chi connectivity index (χ4n) is 3.63. The van der Waals surface area contributed by atoms with Gasteiger partial charge in [-0.05, 0) is 18.8 Å². The van der Waals surface area contributed by atoms with Gasteiger partial charge >= 0.3 is 17.8 Å². The van der Waals surface area contributed by atoms with E-state index in [2.05, 4.69) is 4.98 Å². The summed E-state index contributed by atoms with van der Waals surface area (Å²) in [7, 11) is 0. The van der Waals surface area contributed by atoms with Crippen LogP contribution < -0.4 is 0 Å². The molecule has 1 unspecified atom stereocenters. The molecule has 1 atom stereocenters. The van der Waals surface area contributed by atoms with Crippen LogP contribution in [0.1, 0.15) is 17.8 Å². The van der Waals surface area contributed by atoms with Gasteiger partial charge in [0, 0.05) is 31.1 Å². The molecule has 1 spiro atoms. The molecule has 0 aliphatic carbocycles. The molecule has 7 heteroatoms. The SMILES string of the molecule is O=C1OC2(OC1=O)C(Cc1nccs1)C1CCN2CC1. The van der Waals surface area contributed by atoms with Crippen LogP contribution in [0.3, 0.4) is 0 Å². The van der Waals surface area contributed by atoms with Gasteiger partial charge < -0.3 is 9.47 Å². The fraction of sp³-hybridized carbons (Fsp3) is 0.615. The Labute approximate surface area is 119 Å². The standard InChI is InChI=1S/C13H14N2O4S/c16-11-12(17)19-13(18-11)9(7-10-14-3-6-20-10)8-1-4-15(13)5-2-8/h3,6,8-9H,1-2,4-5,7H2. The molecule has 2 bridgehead atoms. The van der Waals surface area contributed by atoms with Gasteiger partial charge in [-0.1, -0.05) is 0 Å². The van der Waals surface area contributed by atoms with Crippen molar-refractivity contribution in [2.45, 2.75) is 25.2 Å². The minimum atomic E-state index is -1.18.